The van der Waals surface area contributed by atoms with Gasteiger partial charge < -0.3 is 20.3 Å². The Hall–Kier alpha value is -2.61. The molecule has 0 aliphatic rings. The molecule has 0 unspecified atom stereocenters. The second kappa shape index (κ2) is 8.39. The fraction of sp³-hybridized carbons (Fsp3) is 0.350. The van der Waals surface area contributed by atoms with Crippen LogP contribution in [0, 0.1) is 0 Å². The maximum absolute atomic E-state index is 12.0. The van der Waals surface area contributed by atoms with Gasteiger partial charge in [-0.2, -0.15) is 0 Å². The van der Waals surface area contributed by atoms with Crippen LogP contribution in [0.2, 0.25) is 0 Å². The fourth-order valence-corrected chi connectivity index (χ4v) is 3.02. The normalized spacial score (nSPS) is 12.4. The van der Waals surface area contributed by atoms with Crippen LogP contribution in [0.1, 0.15) is 17.2 Å². The van der Waals surface area contributed by atoms with Crippen molar-refractivity contribution in [2.75, 3.05) is 19.8 Å². The van der Waals surface area contributed by atoms with Gasteiger partial charge in [0, 0.05) is 27.2 Å². The topological polar surface area (TPSA) is 88.7 Å². The molecule has 2 aromatic carbocycles. The van der Waals surface area contributed by atoms with Gasteiger partial charge in [0.1, 0.15) is 18.5 Å². The van der Waals surface area contributed by atoms with Gasteiger partial charge in [-0.1, -0.05) is 18.2 Å². The molecule has 1 heterocycles. The van der Waals surface area contributed by atoms with Gasteiger partial charge in [0.15, 0.2) is 0 Å². The van der Waals surface area contributed by atoms with E-state index in [1.54, 1.807) is 23.2 Å². The Morgan fingerprint density at radius 3 is 2.48 bits per heavy atom. The smallest absolute Gasteiger partial charge is 0.328 e. The average Bonchev–Trinajstić information content (AvgIpc) is 2.91. The monoisotopic (exact) mass is 371 g/mol. The first-order valence-electron chi connectivity index (χ1n) is 8.88. The molecule has 3 aromatic rings. The van der Waals surface area contributed by atoms with E-state index < -0.39 is 6.10 Å². The summed E-state index contributed by atoms with van der Waals surface area (Å²) >= 11 is 0. The highest BCUT2D eigenvalue weighted by atomic mass is 16.5. The highest BCUT2D eigenvalue weighted by Crippen LogP contribution is 2.21. The summed E-state index contributed by atoms with van der Waals surface area (Å²) < 4.78 is 8.84. The molecule has 0 amide bonds. The second-order valence-electron chi connectivity index (χ2n) is 6.52. The standard InChI is InChI=1S/C20H25N3O4/c1-22-17-8-5-15(11-18(17)23(2)20(22)26)19(25)13-27-16-6-3-14(4-7-16)12-21-9-10-24/h3-8,11,19,21,24-25H,9-10,12-13H2,1-2H3/t19-/m1/s1. The molecule has 1 aromatic heterocycles. The number of rotatable bonds is 8. The second-order valence-corrected chi connectivity index (χ2v) is 6.52. The lowest BCUT2D eigenvalue weighted by atomic mass is 10.1. The number of aryl methyl sites for hydroxylation is 2. The zero-order valence-electron chi connectivity index (χ0n) is 15.6. The van der Waals surface area contributed by atoms with Gasteiger partial charge in [0.05, 0.1) is 17.6 Å². The first-order chi connectivity index (χ1) is 13.0. The summed E-state index contributed by atoms with van der Waals surface area (Å²) in [5.74, 6) is 0.674. The molecule has 0 aliphatic carbocycles. The molecule has 0 fully saturated rings. The maximum Gasteiger partial charge on any atom is 0.328 e. The third-order valence-corrected chi connectivity index (χ3v) is 4.63. The van der Waals surface area contributed by atoms with Crippen LogP contribution >= 0.6 is 0 Å². The van der Waals surface area contributed by atoms with E-state index in [1.165, 1.54) is 0 Å². The predicted octanol–water partition coefficient (Wildman–Crippen LogP) is 1.07. The molecular formula is C20H25N3O4. The van der Waals surface area contributed by atoms with Crippen LogP contribution in [0.4, 0.5) is 0 Å². The molecule has 27 heavy (non-hydrogen) atoms. The third-order valence-electron chi connectivity index (χ3n) is 4.63. The van der Waals surface area contributed by atoms with E-state index in [0.717, 1.165) is 16.6 Å². The van der Waals surface area contributed by atoms with Gasteiger partial charge in [0.25, 0.3) is 0 Å². The molecule has 7 nitrogen and oxygen atoms in total. The summed E-state index contributed by atoms with van der Waals surface area (Å²) in [5.41, 5.74) is 3.30. The molecule has 1 atom stereocenters. The first kappa shape index (κ1) is 19.2. The van der Waals surface area contributed by atoms with E-state index in [-0.39, 0.29) is 18.9 Å². The minimum atomic E-state index is -0.796. The zero-order chi connectivity index (χ0) is 19.4. The van der Waals surface area contributed by atoms with E-state index in [1.807, 2.05) is 42.5 Å². The lowest BCUT2D eigenvalue weighted by molar-refractivity contribution is 0.108. The highest BCUT2D eigenvalue weighted by Gasteiger charge is 2.13. The number of aliphatic hydroxyl groups is 2. The minimum absolute atomic E-state index is 0.0959. The molecular weight excluding hydrogens is 346 g/mol. The number of imidazole rings is 1. The molecule has 0 aliphatic heterocycles. The van der Waals surface area contributed by atoms with Gasteiger partial charge in [-0.25, -0.2) is 4.79 Å². The number of hydrogen-bond acceptors (Lipinski definition) is 5. The van der Waals surface area contributed by atoms with Crippen molar-refractivity contribution in [3.8, 4) is 5.75 Å². The Kier molecular flexibility index (Phi) is 5.95. The number of aromatic nitrogens is 2. The summed E-state index contributed by atoms with van der Waals surface area (Å²) in [6.07, 6.45) is -0.796. The number of aliphatic hydroxyl groups excluding tert-OH is 2. The molecule has 7 heteroatoms. The van der Waals surface area contributed by atoms with Crippen LogP contribution < -0.4 is 15.7 Å². The molecule has 0 saturated carbocycles. The Morgan fingerprint density at radius 1 is 1.07 bits per heavy atom. The minimum Gasteiger partial charge on any atom is -0.491 e. The molecule has 3 N–H and O–H groups in total. The molecule has 144 valence electrons. The molecule has 0 radical (unpaired) electrons. The van der Waals surface area contributed by atoms with Crippen molar-refractivity contribution in [3.63, 3.8) is 0 Å². The van der Waals surface area contributed by atoms with Crippen molar-refractivity contribution in [1.29, 1.82) is 0 Å². The van der Waals surface area contributed by atoms with Crippen molar-refractivity contribution >= 4 is 11.0 Å². The lowest BCUT2D eigenvalue weighted by Crippen LogP contribution is -2.19. The summed E-state index contributed by atoms with van der Waals surface area (Å²) in [4.78, 5) is 12.0. The van der Waals surface area contributed by atoms with Crippen LogP contribution in [0.15, 0.2) is 47.3 Å². The zero-order valence-corrected chi connectivity index (χ0v) is 15.6. The van der Waals surface area contributed by atoms with Gasteiger partial charge in [-0.05, 0) is 35.4 Å². The van der Waals surface area contributed by atoms with Crippen molar-refractivity contribution < 1.29 is 14.9 Å². The van der Waals surface area contributed by atoms with Gasteiger partial charge in [-0.15, -0.1) is 0 Å². The highest BCUT2D eigenvalue weighted by molar-refractivity contribution is 5.76. The molecule has 0 saturated heterocycles. The van der Waals surface area contributed by atoms with Gasteiger partial charge in [-0.3, -0.25) is 9.13 Å². The predicted molar refractivity (Wildman–Crippen MR) is 104 cm³/mol. The van der Waals surface area contributed by atoms with Crippen LogP contribution in [0.3, 0.4) is 0 Å². The van der Waals surface area contributed by atoms with E-state index >= 15 is 0 Å². The van der Waals surface area contributed by atoms with Crippen molar-refractivity contribution in [1.82, 2.24) is 14.5 Å². The number of nitrogens with zero attached hydrogens (tertiary/aromatic N) is 2. The van der Waals surface area contributed by atoms with Crippen molar-refractivity contribution in [2.45, 2.75) is 12.6 Å². The largest absolute Gasteiger partial charge is 0.491 e. The molecule has 0 bridgehead atoms. The van der Waals surface area contributed by atoms with Crippen LogP contribution in [-0.4, -0.2) is 39.1 Å². The number of fused-ring (bicyclic) bond motifs is 1. The van der Waals surface area contributed by atoms with Gasteiger partial charge >= 0.3 is 5.69 Å². The average molecular weight is 371 g/mol. The lowest BCUT2D eigenvalue weighted by Gasteiger charge is -2.13. The van der Waals surface area contributed by atoms with Crippen LogP contribution in [0.25, 0.3) is 11.0 Å². The van der Waals surface area contributed by atoms with E-state index in [4.69, 9.17) is 9.84 Å². The molecule has 0 spiro atoms. The maximum atomic E-state index is 12.0. The summed E-state index contributed by atoms with van der Waals surface area (Å²) in [5, 5.41) is 22.3. The number of nitrogens with one attached hydrogen (secondary N) is 1. The number of ether oxygens (including phenoxy) is 1. The number of benzene rings is 2. The number of hydrogen-bond donors (Lipinski definition) is 3. The summed E-state index contributed by atoms with van der Waals surface area (Å²) in [6.45, 7) is 1.47. The molecule has 3 rings (SSSR count). The first-order valence-corrected chi connectivity index (χ1v) is 8.88. The van der Waals surface area contributed by atoms with Gasteiger partial charge in [0.2, 0.25) is 0 Å². The van der Waals surface area contributed by atoms with E-state index in [2.05, 4.69) is 5.32 Å². The van der Waals surface area contributed by atoms with Crippen molar-refractivity contribution in [3.05, 3.63) is 64.1 Å². The van der Waals surface area contributed by atoms with Crippen LogP contribution in [-0.2, 0) is 20.6 Å². The van der Waals surface area contributed by atoms with Crippen LogP contribution in [0.5, 0.6) is 5.75 Å². The quantitative estimate of drug-likeness (QED) is 0.516. The summed E-state index contributed by atoms with van der Waals surface area (Å²) in [6, 6.07) is 13.1. The Morgan fingerprint density at radius 2 is 1.78 bits per heavy atom. The SMILES string of the molecule is Cn1c(=O)n(C)c2cc([C@H](O)COc3ccc(CNCCO)cc3)ccc21. The fourth-order valence-electron chi connectivity index (χ4n) is 3.02. The van der Waals surface area contributed by atoms with E-state index in [9.17, 15) is 9.90 Å². The van der Waals surface area contributed by atoms with Crippen molar-refractivity contribution in [2.24, 2.45) is 14.1 Å². The third kappa shape index (κ3) is 4.21. The van der Waals surface area contributed by atoms with E-state index in [0.29, 0.717) is 24.4 Å². The Balaban J connectivity index is 1.63. The Bertz CT molecular complexity index is 960. The summed E-state index contributed by atoms with van der Waals surface area (Å²) in [7, 11) is 3.45. The Labute approximate surface area is 157 Å².